The molecule has 0 saturated carbocycles. The first-order valence-electron chi connectivity index (χ1n) is 5.68. The number of rotatable bonds is 2. The van der Waals surface area contributed by atoms with Gasteiger partial charge in [-0.2, -0.15) is 0 Å². The van der Waals surface area contributed by atoms with Crippen LogP contribution in [0, 0.1) is 5.21 Å². The second-order valence-electron chi connectivity index (χ2n) is 4.19. The molecule has 0 aromatic carbocycles. The Bertz CT molecular complexity index is 280. The van der Waals surface area contributed by atoms with Crippen molar-refractivity contribution in [3.8, 4) is 0 Å². The van der Waals surface area contributed by atoms with Crippen molar-refractivity contribution < 1.29 is 9.84 Å². The molecular weight excluding hydrogens is 242 g/mol. The molecule has 7 heteroatoms. The molecule has 0 aromatic heterocycles. The van der Waals surface area contributed by atoms with E-state index in [0.717, 1.165) is 10.8 Å². The van der Waals surface area contributed by atoms with Crippen LogP contribution in [0.15, 0.2) is 12.3 Å². The van der Waals surface area contributed by atoms with Gasteiger partial charge in [-0.15, -0.1) is 11.8 Å². The monoisotopic (exact) mass is 260 g/mol. The second-order valence-corrected chi connectivity index (χ2v) is 5.38. The van der Waals surface area contributed by atoms with Crippen LogP contribution >= 0.6 is 11.8 Å². The van der Waals surface area contributed by atoms with E-state index in [9.17, 15) is 5.21 Å². The van der Waals surface area contributed by atoms with Crippen LogP contribution in [0.25, 0.3) is 0 Å². The molecule has 3 atom stereocenters. The van der Waals surface area contributed by atoms with Gasteiger partial charge >= 0.3 is 0 Å². The lowest BCUT2D eigenvalue weighted by Gasteiger charge is -2.38. The number of ether oxygens (including phenoxy) is 1. The van der Waals surface area contributed by atoms with Gasteiger partial charge in [0.25, 0.3) is 0 Å². The van der Waals surface area contributed by atoms with Crippen LogP contribution in [-0.4, -0.2) is 58.3 Å². The number of aliphatic hydroxyl groups excluding tert-OH is 1. The van der Waals surface area contributed by atoms with Gasteiger partial charge in [-0.1, -0.05) is 6.08 Å². The molecule has 2 aliphatic rings. The maximum atomic E-state index is 11.6. The van der Waals surface area contributed by atoms with Gasteiger partial charge in [0.05, 0.1) is 13.3 Å². The van der Waals surface area contributed by atoms with Gasteiger partial charge in [-0.25, -0.2) is 0 Å². The summed E-state index contributed by atoms with van der Waals surface area (Å²) in [6.45, 7) is 0.719. The SMILES string of the molecule is NC1C=CN([C@H]2CS[C@@H](CO)O2)CN([O-])CC1. The minimum atomic E-state index is -0.187. The molecule has 17 heavy (non-hydrogen) atoms. The van der Waals surface area contributed by atoms with Crippen LogP contribution in [-0.2, 0) is 4.74 Å². The van der Waals surface area contributed by atoms with E-state index in [1.807, 2.05) is 17.2 Å². The van der Waals surface area contributed by atoms with Crippen molar-refractivity contribution >= 4 is 11.8 Å². The highest BCUT2D eigenvalue weighted by Gasteiger charge is 2.29. The molecule has 6 nitrogen and oxygen atoms in total. The van der Waals surface area contributed by atoms with E-state index in [0.29, 0.717) is 13.0 Å². The summed E-state index contributed by atoms with van der Waals surface area (Å²) in [5, 5.41) is 21.6. The first kappa shape index (κ1) is 13.1. The average Bonchev–Trinajstić information content (AvgIpc) is 2.78. The lowest BCUT2D eigenvalue weighted by molar-refractivity contribution is -0.0493. The van der Waals surface area contributed by atoms with Crippen LogP contribution in [0.4, 0.5) is 0 Å². The molecule has 2 rings (SSSR count). The van der Waals surface area contributed by atoms with Crippen molar-refractivity contribution in [2.24, 2.45) is 5.73 Å². The van der Waals surface area contributed by atoms with Crippen LogP contribution in [0.1, 0.15) is 6.42 Å². The first-order chi connectivity index (χ1) is 8.19. The van der Waals surface area contributed by atoms with Crippen molar-refractivity contribution in [2.45, 2.75) is 24.1 Å². The van der Waals surface area contributed by atoms with Crippen LogP contribution in [0.5, 0.6) is 0 Å². The summed E-state index contributed by atoms with van der Waals surface area (Å²) in [5.74, 6) is 0.749. The van der Waals surface area contributed by atoms with Crippen LogP contribution in [0.2, 0.25) is 0 Å². The quantitative estimate of drug-likeness (QED) is 0.705. The van der Waals surface area contributed by atoms with E-state index in [-0.39, 0.29) is 31.0 Å². The van der Waals surface area contributed by atoms with Crippen molar-refractivity contribution in [2.75, 3.05) is 25.6 Å². The smallest absolute Gasteiger partial charge is 0.141 e. The zero-order chi connectivity index (χ0) is 12.3. The van der Waals surface area contributed by atoms with Gasteiger partial charge < -0.3 is 30.7 Å². The number of nitrogens with two attached hydrogens (primary N) is 1. The summed E-state index contributed by atoms with van der Waals surface area (Å²) in [5.41, 5.74) is 5.63. The van der Waals surface area contributed by atoms with E-state index in [1.54, 1.807) is 11.8 Å². The highest BCUT2D eigenvalue weighted by molar-refractivity contribution is 8.00. The van der Waals surface area contributed by atoms with Gasteiger partial charge in [0.1, 0.15) is 11.7 Å². The Hall–Kier alpha value is -0.310. The molecule has 2 aliphatic heterocycles. The number of hydroxylamine groups is 2. The lowest BCUT2D eigenvalue weighted by atomic mass is 10.2. The van der Waals surface area contributed by atoms with Crippen molar-refractivity contribution in [3.05, 3.63) is 17.5 Å². The standard InChI is InChI=1S/C10H18N3O3S/c11-8-1-3-12(7-13(15)4-2-8)9-6-17-10(5-14)16-9/h1,3,8-10,14H,2,4-7,11H2/q-1/t8?,9-,10+/m1/s1. The fourth-order valence-electron chi connectivity index (χ4n) is 1.81. The van der Waals surface area contributed by atoms with Crippen molar-refractivity contribution in [1.29, 1.82) is 0 Å². The predicted octanol–water partition coefficient (Wildman–Crippen LogP) is -0.302. The molecule has 0 bridgehead atoms. The molecule has 0 amide bonds. The largest absolute Gasteiger partial charge is 0.784 e. The van der Waals surface area contributed by atoms with Gasteiger partial charge in [-0.05, 0) is 13.0 Å². The van der Waals surface area contributed by atoms with E-state index in [1.165, 1.54) is 0 Å². The Morgan fingerprint density at radius 1 is 1.59 bits per heavy atom. The molecule has 1 saturated heterocycles. The minimum Gasteiger partial charge on any atom is -0.784 e. The topological polar surface area (TPSA) is 85.0 Å². The van der Waals surface area contributed by atoms with Crippen LogP contribution < -0.4 is 5.73 Å². The highest BCUT2D eigenvalue weighted by Crippen LogP contribution is 2.27. The Balaban J connectivity index is 1.97. The molecule has 0 aromatic rings. The molecule has 0 aliphatic carbocycles. The lowest BCUT2D eigenvalue weighted by Crippen LogP contribution is -2.42. The summed E-state index contributed by atoms with van der Waals surface area (Å²) in [7, 11) is 0. The maximum absolute atomic E-state index is 11.6. The van der Waals surface area contributed by atoms with Crippen molar-refractivity contribution in [1.82, 2.24) is 9.96 Å². The summed E-state index contributed by atoms with van der Waals surface area (Å²) in [4.78, 5) is 1.84. The molecule has 98 valence electrons. The van der Waals surface area contributed by atoms with E-state index < -0.39 is 0 Å². The number of thioether (sulfide) groups is 1. The Morgan fingerprint density at radius 2 is 2.41 bits per heavy atom. The summed E-state index contributed by atoms with van der Waals surface area (Å²) >= 11 is 1.56. The third kappa shape index (κ3) is 3.57. The highest BCUT2D eigenvalue weighted by atomic mass is 32.2. The molecule has 0 spiro atoms. The van der Waals surface area contributed by atoms with E-state index >= 15 is 0 Å². The summed E-state index contributed by atoms with van der Waals surface area (Å²) in [6, 6.07) is -0.0862. The first-order valence-corrected chi connectivity index (χ1v) is 6.73. The fourth-order valence-corrected chi connectivity index (χ4v) is 2.77. The van der Waals surface area contributed by atoms with Crippen molar-refractivity contribution in [3.63, 3.8) is 0 Å². The third-order valence-corrected chi connectivity index (χ3v) is 3.92. The van der Waals surface area contributed by atoms with Crippen LogP contribution in [0.3, 0.4) is 0 Å². The molecular formula is C10H18N3O3S-. The predicted molar refractivity (Wildman–Crippen MR) is 66.7 cm³/mol. The minimum absolute atomic E-state index is 0.000671. The van der Waals surface area contributed by atoms with Gasteiger partial charge in [0.15, 0.2) is 0 Å². The number of hydrogen-bond acceptors (Lipinski definition) is 7. The zero-order valence-electron chi connectivity index (χ0n) is 9.57. The Labute approximate surface area is 105 Å². The normalized spacial score (nSPS) is 35.9. The number of nitrogens with zero attached hydrogens (tertiary/aromatic N) is 2. The molecule has 1 fully saturated rings. The Kier molecular flexibility index (Phi) is 4.66. The van der Waals surface area contributed by atoms with E-state index in [2.05, 4.69) is 0 Å². The maximum Gasteiger partial charge on any atom is 0.141 e. The summed E-state index contributed by atoms with van der Waals surface area (Å²) in [6.07, 6.45) is 4.25. The number of hydrogen-bond donors (Lipinski definition) is 2. The van der Waals surface area contributed by atoms with Gasteiger partial charge in [-0.3, -0.25) is 0 Å². The molecule has 3 N–H and O–H groups in total. The summed E-state index contributed by atoms with van der Waals surface area (Å²) < 4.78 is 5.61. The van der Waals surface area contributed by atoms with Gasteiger partial charge in [0.2, 0.25) is 0 Å². The van der Waals surface area contributed by atoms with Gasteiger partial charge in [0, 0.05) is 18.0 Å². The number of aliphatic hydroxyl groups is 1. The Morgan fingerprint density at radius 3 is 3.12 bits per heavy atom. The average molecular weight is 260 g/mol. The second kappa shape index (κ2) is 6.03. The molecule has 0 radical (unpaired) electrons. The van der Waals surface area contributed by atoms with E-state index in [4.69, 9.17) is 15.6 Å². The zero-order valence-corrected chi connectivity index (χ0v) is 10.4. The molecule has 1 unspecified atom stereocenters. The third-order valence-electron chi connectivity index (χ3n) is 2.81. The fraction of sp³-hybridized carbons (Fsp3) is 0.800. The molecule has 2 heterocycles.